The van der Waals surface area contributed by atoms with Gasteiger partial charge in [-0.3, -0.25) is 4.57 Å². The normalized spacial score (nSPS) is 11.6. The average Bonchev–Trinajstić information content (AvgIpc) is 2.80. The van der Waals surface area contributed by atoms with Crippen molar-refractivity contribution >= 4 is 8.46 Å². The molecule has 28 heavy (non-hydrogen) atoms. The van der Waals surface area contributed by atoms with Crippen LogP contribution in [0.3, 0.4) is 0 Å². The van der Waals surface area contributed by atoms with Crippen LogP contribution in [0.15, 0.2) is 121 Å². The Morgan fingerprint density at radius 3 is 1.14 bits per heavy atom. The van der Waals surface area contributed by atoms with E-state index in [1.165, 1.54) is 0 Å². The molecule has 0 amide bonds. The van der Waals surface area contributed by atoms with E-state index < -0.39 is 5.16 Å². The van der Waals surface area contributed by atoms with Gasteiger partial charge in [0.05, 0.1) is 0 Å². The fourth-order valence-electron chi connectivity index (χ4n) is 4.01. The van der Waals surface area contributed by atoms with Gasteiger partial charge in [0.1, 0.15) is 5.16 Å². The van der Waals surface area contributed by atoms with Gasteiger partial charge in [-0.1, -0.05) is 121 Å². The maximum absolute atomic E-state index is 13.1. The maximum atomic E-state index is 13.1. The second kappa shape index (κ2) is 8.33. The molecule has 0 heterocycles. The van der Waals surface area contributed by atoms with Crippen molar-refractivity contribution in [1.29, 1.82) is 0 Å². The van der Waals surface area contributed by atoms with Crippen LogP contribution < -0.4 is 0 Å². The van der Waals surface area contributed by atoms with Crippen molar-refractivity contribution in [3.8, 4) is 0 Å². The maximum Gasteiger partial charge on any atom is 0.172 e. The molecule has 0 N–H and O–H groups in total. The minimum Gasteiger partial charge on any atom is -0.274 e. The molecule has 136 valence electrons. The van der Waals surface area contributed by atoms with Crippen LogP contribution in [0.4, 0.5) is 0 Å². The summed E-state index contributed by atoms with van der Waals surface area (Å²) in [5, 5.41) is -0.731. The summed E-state index contributed by atoms with van der Waals surface area (Å²) in [4.78, 5) is 0. The first-order chi connectivity index (χ1) is 13.9. The standard InChI is InChI=1S/C26H21OP/c27-28-26(23-17-9-3-10-18-23,24-19-11-4-12-20-24)25(21-13-5-1-6-14-21)22-15-7-2-8-16-22/h1-20,25H. The van der Waals surface area contributed by atoms with E-state index in [0.29, 0.717) is 0 Å². The zero-order valence-corrected chi connectivity index (χ0v) is 16.4. The molecule has 0 aliphatic heterocycles. The lowest BCUT2D eigenvalue weighted by Crippen LogP contribution is -2.30. The van der Waals surface area contributed by atoms with Crippen LogP contribution in [-0.4, -0.2) is 0 Å². The van der Waals surface area contributed by atoms with Gasteiger partial charge in [0.2, 0.25) is 0 Å². The van der Waals surface area contributed by atoms with E-state index in [1.54, 1.807) is 0 Å². The third kappa shape index (κ3) is 3.30. The van der Waals surface area contributed by atoms with Crippen LogP contribution in [0, 0.1) is 0 Å². The van der Waals surface area contributed by atoms with E-state index >= 15 is 0 Å². The summed E-state index contributed by atoms with van der Waals surface area (Å²) >= 11 is 0. The summed E-state index contributed by atoms with van der Waals surface area (Å²) < 4.78 is 13.1. The zero-order valence-electron chi connectivity index (χ0n) is 15.5. The molecule has 0 saturated heterocycles. The Hall–Kier alpha value is -3.02. The molecule has 0 atom stereocenters. The van der Waals surface area contributed by atoms with Gasteiger partial charge in [0.25, 0.3) is 0 Å². The van der Waals surface area contributed by atoms with Crippen molar-refractivity contribution in [2.45, 2.75) is 11.1 Å². The van der Waals surface area contributed by atoms with Gasteiger partial charge in [-0.15, -0.1) is 0 Å². The second-order valence-corrected chi connectivity index (χ2v) is 7.73. The molecule has 0 aromatic heterocycles. The van der Waals surface area contributed by atoms with Gasteiger partial charge in [0, 0.05) is 5.92 Å². The van der Waals surface area contributed by atoms with Crippen LogP contribution in [0.5, 0.6) is 0 Å². The lowest BCUT2D eigenvalue weighted by molar-refractivity contribution is 0.551. The molecule has 0 aliphatic carbocycles. The minimum absolute atomic E-state index is 0.0634. The van der Waals surface area contributed by atoms with E-state index in [0.717, 1.165) is 22.3 Å². The molecule has 2 heteroatoms. The van der Waals surface area contributed by atoms with Gasteiger partial charge >= 0.3 is 0 Å². The molecule has 0 fully saturated rings. The Labute approximate surface area is 167 Å². The Morgan fingerprint density at radius 1 is 0.500 bits per heavy atom. The lowest BCUT2D eigenvalue weighted by Gasteiger charge is -2.37. The molecule has 4 aromatic carbocycles. The first-order valence-corrected chi connectivity index (χ1v) is 10.2. The van der Waals surface area contributed by atoms with E-state index in [9.17, 15) is 4.57 Å². The summed E-state index contributed by atoms with van der Waals surface area (Å²) in [7, 11) is 0.0634. The Balaban J connectivity index is 2.07. The van der Waals surface area contributed by atoms with Gasteiger partial charge in [-0.25, -0.2) is 0 Å². The number of rotatable bonds is 6. The van der Waals surface area contributed by atoms with Crippen LogP contribution >= 0.6 is 8.46 Å². The van der Waals surface area contributed by atoms with E-state index in [1.807, 2.05) is 72.8 Å². The molecular formula is C26H21OP. The van der Waals surface area contributed by atoms with Gasteiger partial charge < -0.3 is 0 Å². The fraction of sp³-hybridized carbons (Fsp3) is 0.0769. The predicted molar refractivity (Wildman–Crippen MR) is 116 cm³/mol. The SMILES string of the molecule is O=PC(c1ccccc1)(c1ccccc1)C(c1ccccc1)c1ccccc1. The molecule has 4 rings (SSSR count). The van der Waals surface area contributed by atoms with Gasteiger partial charge in [0.15, 0.2) is 8.46 Å². The quantitative estimate of drug-likeness (QED) is 0.327. The van der Waals surface area contributed by atoms with Crippen molar-refractivity contribution in [2.24, 2.45) is 0 Å². The van der Waals surface area contributed by atoms with Gasteiger partial charge in [-0.05, 0) is 22.3 Å². The van der Waals surface area contributed by atoms with E-state index in [2.05, 4.69) is 48.5 Å². The molecule has 4 aromatic rings. The molecule has 0 radical (unpaired) electrons. The summed E-state index contributed by atoms with van der Waals surface area (Å²) in [6, 6.07) is 41.2. The number of benzene rings is 4. The second-order valence-electron chi connectivity index (χ2n) is 6.84. The lowest BCUT2D eigenvalue weighted by atomic mass is 9.73. The summed E-state index contributed by atoms with van der Waals surface area (Å²) in [5.74, 6) is -0.0983. The monoisotopic (exact) mass is 380 g/mol. The smallest absolute Gasteiger partial charge is 0.172 e. The van der Waals surface area contributed by atoms with Crippen molar-refractivity contribution < 1.29 is 4.57 Å². The Bertz CT molecular complexity index is 936. The summed E-state index contributed by atoms with van der Waals surface area (Å²) in [6.45, 7) is 0. The molecule has 0 saturated carbocycles. The third-order valence-electron chi connectivity index (χ3n) is 5.26. The fourth-order valence-corrected chi connectivity index (χ4v) is 4.92. The van der Waals surface area contributed by atoms with Crippen LogP contribution in [-0.2, 0) is 9.72 Å². The van der Waals surface area contributed by atoms with Crippen molar-refractivity contribution in [3.05, 3.63) is 144 Å². The van der Waals surface area contributed by atoms with Crippen LogP contribution in [0.25, 0.3) is 0 Å². The predicted octanol–water partition coefficient (Wildman–Crippen LogP) is 7.05. The highest BCUT2D eigenvalue weighted by molar-refractivity contribution is 7.26. The number of hydrogen-bond donors (Lipinski definition) is 0. The summed E-state index contributed by atoms with van der Waals surface area (Å²) in [6.07, 6.45) is 0. The summed E-state index contributed by atoms with van der Waals surface area (Å²) in [5.41, 5.74) is 4.36. The molecule has 0 unspecified atom stereocenters. The third-order valence-corrected chi connectivity index (χ3v) is 6.32. The highest BCUT2D eigenvalue weighted by atomic mass is 31.1. The highest BCUT2D eigenvalue weighted by Crippen LogP contribution is 2.54. The topological polar surface area (TPSA) is 17.1 Å². The van der Waals surface area contributed by atoms with E-state index in [-0.39, 0.29) is 14.4 Å². The van der Waals surface area contributed by atoms with E-state index in [4.69, 9.17) is 0 Å². The molecule has 0 aliphatic rings. The van der Waals surface area contributed by atoms with Crippen LogP contribution in [0.1, 0.15) is 28.2 Å². The Morgan fingerprint density at radius 2 is 0.821 bits per heavy atom. The number of hydrogen-bond acceptors (Lipinski definition) is 1. The largest absolute Gasteiger partial charge is 0.274 e. The van der Waals surface area contributed by atoms with Crippen molar-refractivity contribution in [3.63, 3.8) is 0 Å². The first-order valence-electron chi connectivity index (χ1n) is 9.41. The molecule has 0 bridgehead atoms. The van der Waals surface area contributed by atoms with Gasteiger partial charge in [-0.2, -0.15) is 0 Å². The molecule has 0 spiro atoms. The van der Waals surface area contributed by atoms with Crippen LogP contribution in [0.2, 0.25) is 0 Å². The van der Waals surface area contributed by atoms with Crippen molar-refractivity contribution in [2.75, 3.05) is 0 Å². The molecule has 1 nitrogen and oxygen atoms in total. The first kappa shape index (κ1) is 18.3. The van der Waals surface area contributed by atoms with Crippen molar-refractivity contribution in [1.82, 2.24) is 0 Å². The molecular weight excluding hydrogens is 359 g/mol. The highest BCUT2D eigenvalue weighted by Gasteiger charge is 2.45. The Kier molecular flexibility index (Phi) is 5.46. The zero-order chi connectivity index (χ0) is 19.2. The average molecular weight is 380 g/mol. The minimum atomic E-state index is -0.731.